The summed E-state index contributed by atoms with van der Waals surface area (Å²) < 4.78 is 16.3. The van der Waals surface area contributed by atoms with Crippen LogP contribution < -0.4 is 24.6 Å². The number of anilines is 1. The lowest BCUT2D eigenvalue weighted by atomic mass is 10.1. The Morgan fingerprint density at radius 3 is 2.17 bits per heavy atom. The molecule has 9 heteroatoms. The zero-order valence-electron chi connectivity index (χ0n) is 17.6. The lowest BCUT2D eigenvalue weighted by Gasteiger charge is -2.22. The van der Waals surface area contributed by atoms with Crippen LogP contribution in [0.5, 0.6) is 17.2 Å². The highest BCUT2D eigenvalue weighted by atomic mass is 16.5. The van der Waals surface area contributed by atoms with Crippen molar-refractivity contribution < 1.29 is 24.2 Å². The van der Waals surface area contributed by atoms with Gasteiger partial charge in [-0.05, 0) is 25.0 Å². The fourth-order valence-corrected chi connectivity index (χ4v) is 3.58. The summed E-state index contributed by atoms with van der Waals surface area (Å²) in [6.45, 7) is 1.80. The lowest BCUT2D eigenvalue weighted by molar-refractivity contribution is -0.128. The maximum absolute atomic E-state index is 11.8. The van der Waals surface area contributed by atoms with E-state index in [1.54, 1.807) is 38.9 Å². The number of carbonyl (C=O) groups excluding carboxylic acids is 1. The van der Waals surface area contributed by atoms with E-state index in [4.69, 9.17) is 24.4 Å². The molecule has 1 aliphatic heterocycles. The minimum atomic E-state index is -0.536. The second kappa shape index (κ2) is 10.1. The van der Waals surface area contributed by atoms with E-state index < -0.39 is 5.91 Å². The number of hydroxylamine groups is 1. The van der Waals surface area contributed by atoms with Crippen molar-refractivity contribution >= 4 is 11.7 Å². The molecule has 162 valence electrons. The molecule has 9 nitrogen and oxygen atoms in total. The Morgan fingerprint density at radius 1 is 1.00 bits per heavy atom. The first-order valence-corrected chi connectivity index (χ1v) is 9.95. The van der Waals surface area contributed by atoms with Crippen LogP contribution in [0.4, 0.5) is 5.82 Å². The molecule has 2 N–H and O–H groups in total. The third kappa shape index (κ3) is 4.91. The smallest absolute Gasteiger partial charge is 0.249 e. The van der Waals surface area contributed by atoms with E-state index in [0.29, 0.717) is 34.3 Å². The Hall–Kier alpha value is -3.07. The minimum Gasteiger partial charge on any atom is -0.493 e. The van der Waals surface area contributed by atoms with Gasteiger partial charge in [-0.2, -0.15) is 0 Å². The summed E-state index contributed by atoms with van der Waals surface area (Å²) in [6.07, 6.45) is 4.52. The van der Waals surface area contributed by atoms with Gasteiger partial charge in [-0.15, -0.1) is 0 Å². The molecule has 2 heterocycles. The number of nitrogens with one attached hydrogen (secondary N) is 1. The van der Waals surface area contributed by atoms with E-state index in [0.717, 1.165) is 31.7 Å². The van der Waals surface area contributed by atoms with Crippen molar-refractivity contribution in [3.8, 4) is 28.6 Å². The number of aromatic nitrogens is 2. The summed E-state index contributed by atoms with van der Waals surface area (Å²) in [7, 11) is 4.64. The van der Waals surface area contributed by atoms with Crippen LogP contribution >= 0.6 is 0 Å². The van der Waals surface area contributed by atoms with Crippen LogP contribution in [0.1, 0.15) is 31.4 Å². The van der Waals surface area contributed by atoms with Crippen LogP contribution in [0.3, 0.4) is 0 Å². The summed E-state index contributed by atoms with van der Waals surface area (Å²) in [6, 6.07) is 5.36. The molecule has 1 aliphatic rings. The fourth-order valence-electron chi connectivity index (χ4n) is 3.58. The molecule has 2 aromatic rings. The van der Waals surface area contributed by atoms with Crippen molar-refractivity contribution in [2.75, 3.05) is 39.3 Å². The Balaban J connectivity index is 2.09. The number of ether oxygens (including phenoxy) is 3. The SMILES string of the molecule is COc1cc(-c2nc(CC(=O)NO)cc(N3CCCCCC3)n2)cc(OC)c1OC. The highest BCUT2D eigenvalue weighted by Gasteiger charge is 2.19. The Labute approximate surface area is 175 Å². The van der Waals surface area contributed by atoms with Gasteiger partial charge in [-0.3, -0.25) is 10.0 Å². The molecule has 0 unspecified atom stereocenters. The molecule has 1 fully saturated rings. The summed E-state index contributed by atoms with van der Waals surface area (Å²) in [5.74, 6) is 2.13. The predicted molar refractivity (Wildman–Crippen MR) is 111 cm³/mol. The number of nitrogens with zero attached hydrogens (tertiary/aromatic N) is 3. The van der Waals surface area contributed by atoms with Crippen LogP contribution in [0.25, 0.3) is 11.4 Å². The first-order valence-electron chi connectivity index (χ1n) is 9.95. The molecular formula is C21H28N4O5. The second-order valence-electron chi connectivity index (χ2n) is 7.07. The Kier molecular flexibility index (Phi) is 7.29. The van der Waals surface area contributed by atoms with Gasteiger partial charge in [0.15, 0.2) is 17.3 Å². The van der Waals surface area contributed by atoms with Crippen molar-refractivity contribution in [1.29, 1.82) is 0 Å². The van der Waals surface area contributed by atoms with E-state index in [9.17, 15) is 4.79 Å². The molecule has 0 atom stereocenters. The van der Waals surface area contributed by atoms with Gasteiger partial charge in [0.25, 0.3) is 0 Å². The van der Waals surface area contributed by atoms with Gasteiger partial charge in [0.1, 0.15) is 5.82 Å². The summed E-state index contributed by atoms with van der Waals surface area (Å²) in [5.41, 5.74) is 2.85. The quantitative estimate of drug-likeness (QED) is 0.524. The zero-order valence-corrected chi connectivity index (χ0v) is 17.6. The standard InChI is InChI=1S/C21H28N4O5/c1-28-16-10-14(11-17(29-2)20(16)30-3)21-22-15(13-19(26)24-27)12-18(23-21)25-8-6-4-5-7-9-25/h10-12,27H,4-9,13H2,1-3H3,(H,24,26). The van der Waals surface area contributed by atoms with Gasteiger partial charge in [0, 0.05) is 24.7 Å². The van der Waals surface area contributed by atoms with Crippen LogP contribution in [0.2, 0.25) is 0 Å². The van der Waals surface area contributed by atoms with Crippen LogP contribution in [-0.4, -0.2) is 55.5 Å². The third-order valence-corrected chi connectivity index (χ3v) is 5.09. The molecule has 0 spiro atoms. The number of benzene rings is 1. The highest BCUT2D eigenvalue weighted by Crippen LogP contribution is 2.40. The summed E-state index contributed by atoms with van der Waals surface area (Å²) in [5, 5.41) is 8.93. The maximum atomic E-state index is 11.8. The Bertz CT molecular complexity index is 857. The molecule has 0 bridgehead atoms. The molecular weight excluding hydrogens is 388 g/mol. The first-order chi connectivity index (χ1) is 14.6. The minimum absolute atomic E-state index is 0.0582. The van der Waals surface area contributed by atoms with Crippen molar-refractivity contribution in [3.63, 3.8) is 0 Å². The molecule has 30 heavy (non-hydrogen) atoms. The van der Waals surface area contributed by atoms with Crippen LogP contribution in [-0.2, 0) is 11.2 Å². The van der Waals surface area contributed by atoms with E-state index in [1.165, 1.54) is 12.8 Å². The van der Waals surface area contributed by atoms with E-state index in [2.05, 4.69) is 9.88 Å². The number of hydrogen-bond donors (Lipinski definition) is 2. The second-order valence-corrected chi connectivity index (χ2v) is 7.07. The van der Waals surface area contributed by atoms with Gasteiger partial charge in [0.05, 0.1) is 33.4 Å². The third-order valence-electron chi connectivity index (χ3n) is 5.09. The number of carbonyl (C=O) groups is 1. The zero-order chi connectivity index (χ0) is 21.5. The van der Waals surface area contributed by atoms with Gasteiger partial charge in [-0.1, -0.05) is 12.8 Å². The molecule has 0 radical (unpaired) electrons. The van der Waals surface area contributed by atoms with Crippen molar-refractivity contribution in [3.05, 3.63) is 23.9 Å². The topological polar surface area (TPSA) is 106 Å². The fraction of sp³-hybridized carbons (Fsp3) is 0.476. The number of hydrogen-bond acceptors (Lipinski definition) is 8. The average molecular weight is 416 g/mol. The monoisotopic (exact) mass is 416 g/mol. The van der Waals surface area contributed by atoms with E-state index in [1.807, 2.05) is 6.07 Å². The summed E-state index contributed by atoms with van der Waals surface area (Å²) >= 11 is 0. The van der Waals surface area contributed by atoms with Gasteiger partial charge in [0.2, 0.25) is 11.7 Å². The van der Waals surface area contributed by atoms with Crippen molar-refractivity contribution in [2.45, 2.75) is 32.1 Å². The van der Waals surface area contributed by atoms with Crippen molar-refractivity contribution in [1.82, 2.24) is 15.4 Å². The summed E-state index contributed by atoms with van der Waals surface area (Å²) in [4.78, 5) is 23.3. The molecule has 1 amide bonds. The van der Waals surface area contributed by atoms with Gasteiger partial charge >= 0.3 is 0 Å². The molecule has 3 rings (SSSR count). The molecule has 1 aromatic heterocycles. The van der Waals surface area contributed by atoms with E-state index >= 15 is 0 Å². The number of rotatable bonds is 7. The molecule has 0 saturated carbocycles. The lowest BCUT2D eigenvalue weighted by Crippen LogP contribution is -2.26. The van der Waals surface area contributed by atoms with Crippen LogP contribution in [0.15, 0.2) is 18.2 Å². The van der Waals surface area contributed by atoms with Crippen LogP contribution in [0, 0.1) is 0 Å². The van der Waals surface area contributed by atoms with Gasteiger partial charge in [-0.25, -0.2) is 15.4 Å². The van der Waals surface area contributed by atoms with E-state index in [-0.39, 0.29) is 6.42 Å². The largest absolute Gasteiger partial charge is 0.493 e. The first kappa shape index (κ1) is 21.6. The maximum Gasteiger partial charge on any atom is 0.249 e. The highest BCUT2D eigenvalue weighted by molar-refractivity contribution is 5.77. The Morgan fingerprint density at radius 2 is 1.63 bits per heavy atom. The molecule has 1 aromatic carbocycles. The normalized spacial score (nSPS) is 14.1. The molecule has 1 saturated heterocycles. The average Bonchev–Trinajstić information content (AvgIpc) is 3.07. The van der Waals surface area contributed by atoms with Crippen molar-refractivity contribution in [2.24, 2.45) is 0 Å². The predicted octanol–water partition coefficient (Wildman–Crippen LogP) is 2.60. The van der Waals surface area contributed by atoms with Gasteiger partial charge < -0.3 is 19.1 Å². The molecule has 0 aliphatic carbocycles. The number of amides is 1. The number of methoxy groups -OCH3 is 3.